The molecule has 0 aromatic heterocycles. The summed E-state index contributed by atoms with van der Waals surface area (Å²) >= 11 is 0. The van der Waals surface area contributed by atoms with Crippen molar-refractivity contribution in [3.8, 4) is 0 Å². The van der Waals surface area contributed by atoms with E-state index in [-0.39, 0.29) is 41.5 Å². The van der Waals surface area contributed by atoms with E-state index in [1.54, 1.807) is 0 Å². The van der Waals surface area contributed by atoms with Crippen molar-refractivity contribution in [3.05, 3.63) is 22.7 Å². The van der Waals surface area contributed by atoms with E-state index in [0.717, 1.165) is 12.8 Å². The number of ether oxygens (including phenoxy) is 2. The van der Waals surface area contributed by atoms with Crippen molar-refractivity contribution < 1.29 is 28.7 Å². The number of hydrogen-bond acceptors (Lipinski definition) is 6. The lowest BCUT2D eigenvalue weighted by Gasteiger charge is -2.41. The normalized spacial score (nSPS) is 16.3. The molecule has 0 bridgehead atoms. The molecule has 6 heteroatoms. The van der Waals surface area contributed by atoms with E-state index >= 15 is 0 Å². The van der Waals surface area contributed by atoms with Crippen LogP contribution in [0.25, 0.3) is 0 Å². The molecule has 1 unspecified atom stereocenters. The van der Waals surface area contributed by atoms with Crippen molar-refractivity contribution in [1.82, 2.24) is 0 Å². The third kappa shape index (κ3) is 9.69. The summed E-state index contributed by atoms with van der Waals surface area (Å²) in [4.78, 5) is 55.0. The summed E-state index contributed by atoms with van der Waals surface area (Å²) in [6.45, 7) is 20.1. The molecule has 1 atom stereocenters. The molecule has 0 spiro atoms. The van der Waals surface area contributed by atoms with Gasteiger partial charge in [-0.25, -0.2) is 0 Å². The Hall–Kier alpha value is -2.24. The van der Waals surface area contributed by atoms with Crippen LogP contribution in [0.2, 0.25) is 0 Å². The van der Waals surface area contributed by atoms with Gasteiger partial charge in [0.2, 0.25) is 0 Å². The molecule has 0 aromatic carbocycles. The maximum absolute atomic E-state index is 14.8. The van der Waals surface area contributed by atoms with Crippen LogP contribution in [-0.2, 0) is 28.7 Å². The molecule has 0 saturated heterocycles. The second-order valence-electron chi connectivity index (χ2n) is 12.8. The number of carbonyl (C=O) groups is 4. The van der Waals surface area contributed by atoms with Crippen LogP contribution in [0, 0.1) is 29.1 Å². The number of Topliss-reactive ketones (excluding diaryl/α,β-unsaturated/α-hetero) is 2. The van der Waals surface area contributed by atoms with Crippen LogP contribution in [-0.4, -0.2) is 23.5 Å². The van der Waals surface area contributed by atoms with E-state index in [9.17, 15) is 19.2 Å². The van der Waals surface area contributed by atoms with Crippen molar-refractivity contribution in [3.63, 3.8) is 0 Å². The van der Waals surface area contributed by atoms with E-state index in [0.29, 0.717) is 68.3 Å². The van der Waals surface area contributed by atoms with Gasteiger partial charge in [0.25, 0.3) is 0 Å². The lowest BCUT2D eigenvalue weighted by atomic mass is 9.64. The maximum atomic E-state index is 14.8. The fraction of sp³-hybridized carbons (Fsp3) is 0.765. The van der Waals surface area contributed by atoms with E-state index in [1.807, 2.05) is 27.7 Å². The monoisotopic (exact) mass is 560 g/mol. The molecule has 0 amide bonds. The zero-order chi connectivity index (χ0) is 30.6. The topological polar surface area (TPSA) is 86.7 Å². The summed E-state index contributed by atoms with van der Waals surface area (Å²) in [5, 5.41) is 0. The van der Waals surface area contributed by atoms with Gasteiger partial charge in [-0.3, -0.25) is 19.2 Å². The summed E-state index contributed by atoms with van der Waals surface area (Å²) in [6.07, 6.45) is 5.52. The van der Waals surface area contributed by atoms with Gasteiger partial charge in [0.15, 0.2) is 17.3 Å². The Morgan fingerprint density at radius 3 is 1.62 bits per heavy atom. The quantitative estimate of drug-likeness (QED) is 0.156. The lowest BCUT2D eigenvalue weighted by molar-refractivity contribution is -0.144. The molecular weight excluding hydrogens is 504 g/mol. The zero-order valence-electron chi connectivity index (χ0n) is 27.0. The maximum Gasteiger partial charge on any atom is 0.311 e. The van der Waals surface area contributed by atoms with E-state index in [4.69, 9.17) is 9.47 Å². The molecule has 40 heavy (non-hydrogen) atoms. The molecule has 0 saturated carbocycles. The summed E-state index contributed by atoms with van der Waals surface area (Å²) in [7, 11) is 0. The Labute approximate surface area is 243 Å². The van der Waals surface area contributed by atoms with Crippen LogP contribution in [0.1, 0.15) is 140 Å². The molecule has 0 fully saturated rings. The van der Waals surface area contributed by atoms with Crippen LogP contribution in [0.5, 0.6) is 0 Å². The van der Waals surface area contributed by atoms with Crippen molar-refractivity contribution in [1.29, 1.82) is 0 Å². The third-order valence-electron chi connectivity index (χ3n) is 7.79. The first kappa shape index (κ1) is 35.8. The standard InChI is InChI=1S/C34H56O6/c1-11-14-27(35)39-31-26(17-16-22(4)5)32(38)34(20-18-23(6)7,21-19-24(8)9)33(40-28(36)15-12-2)29(31)30(37)25(10)13-3/h22-25H,11-21H2,1-10H3. The second-order valence-corrected chi connectivity index (χ2v) is 12.8. The molecule has 1 aliphatic carbocycles. The number of esters is 2. The van der Waals surface area contributed by atoms with Crippen LogP contribution in [0.15, 0.2) is 22.7 Å². The Morgan fingerprint density at radius 1 is 0.725 bits per heavy atom. The van der Waals surface area contributed by atoms with E-state index in [2.05, 4.69) is 41.5 Å². The fourth-order valence-corrected chi connectivity index (χ4v) is 4.95. The summed E-state index contributed by atoms with van der Waals surface area (Å²) in [5.74, 6) is -0.705. The van der Waals surface area contributed by atoms with E-state index < -0.39 is 23.3 Å². The number of allylic oxidation sites excluding steroid dienone is 3. The Bertz CT molecular complexity index is 937. The highest BCUT2D eigenvalue weighted by molar-refractivity contribution is 6.12. The summed E-state index contributed by atoms with van der Waals surface area (Å²) in [6, 6.07) is 0. The minimum Gasteiger partial charge on any atom is -0.429 e. The number of carbonyl (C=O) groups excluding carboxylic acids is 4. The van der Waals surface area contributed by atoms with Gasteiger partial charge in [0, 0.05) is 24.3 Å². The SMILES string of the molecule is CCCC(=O)OC1=C(CCC(C)C)C(=O)C(CCC(C)C)(CCC(C)C)C(OC(=O)CCC)=C1C(=O)C(C)CC. The Balaban J connectivity index is 4.23. The average Bonchev–Trinajstić information content (AvgIpc) is 2.87. The second kappa shape index (κ2) is 16.9. The van der Waals surface area contributed by atoms with Gasteiger partial charge < -0.3 is 9.47 Å². The van der Waals surface area contributed by atoms with Gasteiger partial charge in [-0.05, 0) is 75.5 Å². The average molecular weight is 561 g/mol. The van der Waals surface area contributed by atoms with Gasteiger partial charge >= 0.3 is 11.9 Å². The Kier molecular flexibility index (Phi) is 15.1. The smallest absolute Gasteiger partial charge is 0.311 e. The first-order valence-electron chi connectivity index (χ1n) is 15.7. The van der Waals surface area contributed by atoms with Gasteiger partial charge in [-0.15, -0.1) is 0 Å². The minimum absolute atomic E-state index is 0.0263. The predicted molar refractivity (Wildman–Crippen MR) is 160 cm³/mol. The van der Waals surface area contributed by atoms with Gasteiger partial charge in [0.05, 0.1) is 5.41 Å². The highest BCUT2D eigenvalue weighted by Gasteiger charge is 2.53. The molecular formula is C34H56O6. The van der Waals surface area contributed by atoms with Crippen LogP contribution >= 0.6 is 0 Å². The van der Waals surface area contributed by atoms with Gasteiger partial charge in [0.1, 0.15) is 11.3 Å². The van der Waals surface area contributed by atoms with Crippen LogP contribution < -0.4 is 0 Å². The zero-order valence-corrected chi connectivity index (χ0v) is 27.0. The lowest BCUT2D eigenvalue weighted by Crippen LogP contribution is -2.43. The van der Waals surface area contributed by atoms with Crippen molar-refractivity contribution in [2.24, 2.45) is 29.1 Å². The van der Waals surface area contributed by atoms with Crippen molar-refractivity contribution in [2.45, 2.75) is 140 Å². The molecule has 0 aliphatic heterocycles. The first-order chi connectivity index (χ1) is 18.7. The molecule has 0 radical (unpaired) electrons. The minimum atomic E-state index is -1.16. The molecule has 1 rings (SSSR count). The molecule has 0 N–H and O–H groups in total. The number of rotatable bonds is 18. The van der Waals surface area contributed by atoms with Crippen molar-refractivity contribution >= 4 is 23.5 Å². The largest absolute Gasteiger partial charge is 0.429 e. The summed E-state index contributed by atoms with van der Waals surface area (Å²) < 4.78 is 12.1. The number of ketones is 2. The fourth-order valence-electron chi connectivity index (χ4n) is 4.95. The molecule has 1 aliphatic rings. The predicted octanol–water partition coefficient (Wildman–Crippen LogP) is 8.67. The molecule has 0 aromatic rings. The van der Waals surface area contributed by atoms with Crippen LogP contribution in [0.3, 0.4) is 0 Å². The Morgan fingerprint density at radius 2 is 1.20 bits per heavy atom. The number of hydrogen-bond donors (Lipinski definition) is 0. The van der Waals surface area contributed by atoms with E-state index in [1.165, 1.54) is 0 Å². The van der Waals surface area contributed by atoms with Gasteiger partial charge in [-0.1, -0.05) is 69.2 Å². The summed E-state index contributed by atoms with van der Waals surface area (Å²) in [5.41, 5.74) is -0.634. The van der Waals surface area contributed by atoms with Crippen molar-refractivity contribution in [2.75, 3.05) is 0 Å². The highest BCUT2D eigenvalue weighted by atomic mass is 16.6. The van der Waals surface area contributed by atoms with Gasteiger partial charge in [-0.2, -0.15) is 0 Å². The highest BCUT2D eigenvalue weighted by Crippen LogP contribution is 2.51. The molecule has 0 heterocycles. The van der Waals surface area contributed by atoms with Crippen LogP contribution in [0.4, 0.5) is 0 Å². The first-order valence-corrected chi connectivity index (χ1v) is 15.7. The molecule has 6 nitrogen and oxygen atoms in total. The third-order valence-corrected chi connectivity index (χ3v) is 7.79. The molecule has 228 valence electrons.